The van der Waals surface area contributed by atoms with Crippen molar-refractivity contribution in [2.24, 2.45) is 0 Å². The highest BCUT2D eigenvalue weighted by molar-refractivity contribution is 7.99. The number of hydrogen-bond acceptors (Lipinski definition) is 3. The number of thioether (sulfide) groups is 1. The van der Waals surface area contributed by atoms with Crippen LogP contribution in [0.3, 0.4) is 0 Å². The molecule has 0 spiro atoms. The lowest BCUT2D eigenvalue weighted by Crippen LogP contribution is -2.41. The van der Waals surface area contributed by atoms with Crippen LogP contribution in [-0.4, -0.2) is 31.2 Å². The first-order valence-corrected chi connectivity index (χ1v) is 8.05. The maximum atomic E-state index is 5.28. The van der Waals surface area contributed by atoms with Gasteiger partial charge in [-0.2, -0.15) is 11.8 Å². The molecule has 1 aromatic rings. The number of benzene rings is 1. The number of nitrogens with one attached hydrogen (secondary N) is 1. The Morgan fingerprint density at radius 1 is 1.47 bits per heavy atom. The third-order valence-corrected chi connectivity index (χ3v) is 4.58. The zero-order chi connectivity index (χ0) is 13.5. The maximum Gasteiger partial charge on any atom is 0.119 e. The predicted molar refractivity (Wildman–Crippen MR) is 84.3 cm³/mol. The van der Waals surface area contributed by atoms with Gasteiger partial charge in [0.2, 0.25) is 0 Å². The van der Waals surface area contributed by atoms with Gasteiger partial charge in [-0.25, -0.2) is 0 Å². The Labute approximate surface area is 120 Å². The monoisotopic (exact) mass is 277 g/mol. The average Bonchev–Trinajstić information content (AvgIpc) is 2.40. The molecule has 0 unspecified atom stereocenters. The Bertz CT molecular complexity index is 401. The molecular weight excluding hydrogens is 254 g/mol. The molecule has 1 saturated carbocycles. The molecule has 2 nitrogen and oxygen atoms in total. The van der Waals surface area contributed by atoms with E-state index in [1.54, 1.807) is 7.11 Å². The topological polar surface area (TPSA) is 21.3 Å². The van der Waals surface area contributed by atoms with Crippen molar-refractivity contribution < 1.29 is 4.74 Å². The molecule has 0 aromatic heterocycles. The van der Waals surface area contributed by atoms with Crippen molar-refractivity contribution in [1.29, 1.82) is 0 Å². The molecule has 1 fully saturated rings. The van der Waals surface area contributed by atoms with Gasteiger partial charge >= 0.3 is 0 Å². The molecule has 0 saturated heterocycles. The summed E-state index contributed by atoms with van der Waals surface area (Å²) in [7, 11) is 1.73. The third-order valence-electron chi connectivity index (χ3n) is 3.62. The second-order valence-corrected chi connectivity index (χ2v) is 6.11. The Kier molecular flexibility index (Phi) is 5.80. The van der Waals surface area contributed by atoms with Crippen molar-refractivity contribution in [3.63, 3.8) is 0 Å². The number of rotatable bonds is 8. The van der Waals surface area contributed by atoms with E-state index in [-0.39, 0.29) is 0 Å². The number of hydrogen-bond donors (Lipinski definition) is 1. The SMILES string of the molecule is C=CCSCCNC1CC(c2cccc(OC)c2)C1. The fraction of sp³-hybridized carbons (Fsp3) is 0.500. The second kappa shape index (κ2) is 7.61. The molecule has 0 atom stereocenters. The summed E-state index contributed by atoms with van der Waals surface area (Å²) in [6.07, 6.45) is 4.46. The number of methoxy groups -OCH3 is 1. The van der Waals surface area contributed by atoms with E-state index in [1.165, 1.54) is 24.2 Å². The van der Waals surface area contributed by atoms with Crippen LogP contribution in [0.2, 0.25) is 0 Å². The largest absolute Gasteiger partial charge is 0.497 e. The van der Waals surface area contributed by atoms with Crippen molar-refractivity contribution in [2.75, 3.05) is 25.2 Å². The van der Waals surface area contributed by atoms with Gasteiger partial charge in [0.1, 0.15) is 5.75 Å². The molecule has 1 aromatic carbocycles. The van der Waals surface area contributed by atoms with Gasteiger partial charge in [-0.05, 0) is 36.5 Å². The van der Waals surface area contributed by atoms with Crippen LogP contribution in [0.1, 0.15) is 24.3 Å². The molecule has 3 heteroatoms. The molecule has 1 aliphatic carbocycles. The summed E-state index contributed by atoms with van der Waals surface area (Å²) in [6, 6.07) is 9.17. The van der Waals surface area contributed by atoms with Crippen LogP contribution in [0, 0.1) is 0 Å². The molecule has 0 amide bonds. The zero-order valence-corrected chi connectivity index (χ0v) is 12.4. The van der Waals surface area contributed by atoms with E-state index in [1.807, 2.05) is 23.9 Å². The minimum absolute atomic E-state index is 0.695. The van der Waals surface area contributed by atoms with E-state index >= 15 is 0 Å². The van der Waals surface area contributed by atoms with Crippen molar-refractivity contribution in [1.82, 2.24) is 5.32 Å². The van der Waals surface area contributed by atoms with Gasteiger partial charge in [0.25, 0.3) is 0 Å². The maximum absolute atomic E-state index is 5.28. The summed E-state index contributed by atoms with van der Waals surface area (Å²) in [5.74, 6) is 3.90. The van der Waals surface area contributed by atoms with Gasteiger partial charge in [0, 0.05) is 24.1 Å². The average molecular weight is 277 g/mol. The van der Waals surface area contributed by atoms with Gasteiger partial charge in [-0.3, -0.25) is 0 Å². The fourth-order valence-electron chi connectivity index (χ4n) is 2.45. The van der Waals surface area contributed by atoms with Gasteiger partial charge < -0.3 is 10.1 Å². The summed E-state index contributed by atoms with van der Waals surface area (Å²) < 4.78 is 5.28. The molecule has 0 bridgehead atoms. The van der Waals surface area contributed by atoms with Crippen LogP contribution in [-0.2, 0) is 0 Å². The van der Waals surface area contributed by atoms with Gasteiger partial charge in [-0.15, -0.1) is 6.58 Å². The van der Waals surface area contributed by atoms with Crippen molar-refractivity contribution in [3.05, 3.63) is 42.5 Å². The first-order chi connectivity index (χ1) is 9.33. The first kappa shape index (κ1) is 14.5. The normalized spacial score (nSPS) is 21.7. The van der Waals surface area contributed by atoms with Crippen LogP contribution in [0.5, 0.6) is 5.75 Å². The zero-order valence-electron chi connectivity index (χ0n) is 11.6. The van der Waals surface area contributed by atoms with Crippen molar-refractivity contribution in [3.8, 4) is 5.75 Å². The summed E-state index contributed by atoms with van der Waals surface area (Å²) in [4.78, 5) is 0. The highest BCUT2D eigenvalue weighted by Crippen LogP contribution is 2.37. The molecule has 1 N–H and O–H groups in total. The summed E-state index contributed by atoms with van der Waals surface area (Å²) in [5.41, 5.74) is 1.42. The minimum atomic E-state index is 0.695. The van der Waals surface area contributed by atoms with Crippen LogP contribution < -0.4 is 10.1 Å². The van der Waals surface area contributed by atoms with E-state index in [9.17, 15) is 0 Å². The minimum Gasteiger partial charge on any atom is -0.497 e. The van der Waals surface area contributed by atoms with Gasteiger partial charge in [0.05, 0.1) is 7.11 Å². The lowest BCUT2D eigenvalue weighted by molar-refractivity contribution is 0.296. The summed E-state index contributed by atoms with van der Waals surface area (Å²) in [6.45, 7) is 4.83. The third kappa shape index (κ3) is 4.29. The molecule has 0 aliphatic heterocycles. The highest BCUT2D eigenvalue weighted by atomic mass is 32.2. The Morgan fingerprint density at radius 2 is 2.32 bits per heavy atom. The Balaban J connectivity index is 1.66. The van der Waals surface area contributed by atoms with Crippen molar-refractivity contribution >= 4 is 11.8 Å². The molecule has 0 heterocycles. The fourth-order valence-corrected chi connectivity index (χ4v) is 3.05. The van der Waals surface area contributed by atoms with Crippen LogP contribution >= 0.6 is 11.8 Å². The molecule has 1 aliphatic rings. The molecule has 0 radical (unpaired) electrons. The van der Waals surface area contributed by atoms with E-state index in [0.717, 1.165) is 18.0 Å². The van der Waals surface area contributed by atoms with E-state index in [0.29, 0.717) is 12.0 Å². The number of ether oxygens (including phenoxy) is 1. The smallest absolute Gasteiger partial charge is 0.119 e. The molecule has 19 heavy (non-hydrogen) atoms. The first-order valence-electron chi connectivity index (χ1n) is 6.89. The van der Waals surface area contributed by atoms with E-state index in [4.69, 9.17) is 4.74 Å². The lowest BCUT2D eigenvalue weighted by Gasteiger charge is -2.36. The van der Waals surface area contributed by atoms with Crippen LogP contribution in [0.4, 0.5) is 0 Å². The summed E-state index contributed by atoms with van der Waals surface area (Å²) >= 11 is 1.93. The second-order valence-electron chi connectivity index (χ2n) is 4.96. The van der Waals surface area contributed by atoms with Crippen LogP contribution in [0.15, 0.2) is 36.9 Å². The molecule has 104 valence electrons. The van der Waals surface area contributed by atoms with Gasteiger partial charge in [0.15, 0.2) is 0 Å². The quantitative estimate of drug-likeness (QED) is 0.581. The Morgan fingerprint density at radius 3 is 3.05 bits per heavy atom. The predicted octanol–water partition coefficient (Wildman–Crippen LogP) is 3.45. The molecular formula is C16H23NOS. The summed E-state index contributed by atoms with van der Waals surface area (Å²) in [5, 5.41) is 3.62. The van der Waals surface area contributed by atoms with Crippen molar-refractivity contribution in [2.45, 2.75) is 24.8 Å². The lowest BCUT2D eigenvalue weighted by atomic mass is 9.76. The van der Waals surface area contributed by atoms with Crippen LogP contribution in [0.25, 0.3) is 0 Å². The Hall–Kier alpha value is -0.930. The van der Waals surface area contributed by atoms with Gasteiger partial charge in [-0.1, -0.05) is 18.2 Å². The van der Waals surface area contributed by atoms with E-state index < -0.39 is 0 Å². The molecule has 2 rings (SSSR count). The highest BCUT2D eigenvalue weighted by Gasteiger charge is 2.29. The van der Waals surface area contributed by atoms with E-state index in [2.05, 4.69) is 30.1 Å². The standard InChI is InChI=1S/C16H23NOS/c1-3-8-19-9-7-17-15-10-14(11-15)13-5-4-6-16(12-13)18-2/h3-6,12,14-15,17H,1,7-11H2,2H3.